The van der Waals surface area contributed by atoms with Crippen LogP contribution in [0.3, 0.4) is 0 Å². The Morgan fingerprint density at radius 2 is 1.02 bits per heavy atom. The highest BCUT2D eigenvalue weighted by Gasteiger charge is 2.39. The summed E-state index contributed by atoms with van der Waals surface area (Å²) < 4.78 is 0. The van der Waals surface area contributed by atoms with E-state index < -0.39 is 0 Å². The fraction of sp³-hybridized carbons (Fsp3) is 0.478. The van der Waals surface area contributed by atoms with Gasteiger partial charge in [0.2, 0.25) is 11.8 Å². The first-order chi connectivity index (χ1) is 40.3. The molecular formula is C69H88Cl2N8O4. The van der Waals surface area contributed by atoms with Gasteiger partial charge in [-0.3, -0.25) is 19.2 Å². The maximum absolute atomic E-state index is 14.1. The summed E-state index contributed by atoms with van der Waals surface area (Å²) in [5.74, 6) is 1.11. The predicted octanol–water partition coefficient (Wildman–Crippen LogP) is 11.9. The Morgan fingerprint density at radius 3 is 1.52 bits per heavy atom. The van der Waals surface area contributed by atoms with E-state index in [-0.39, 0.29) is 53.7 Å². The summed E-state index contributed by atoms with van der Waals surface area (Å²) >= 11 is 12.3. The van der Waals surface area contributed by atoms with E-state index in [1.54, 1.807) is 0 Å². The molecule has 83 heavy (non-hydrogen) atoms. The van der Waals surface area contributed by atoms with Crippen molar-refractivity contribution in [1.82, 2.24) is 40.9 Å². The van der Waals surface area contributed by atoms with Crippen LogP contribution in [0.5, 0.6) is 0 Å². The largest absolute Gasteiger partial charge is 0.350 e. The minimum absolute atomic E-state index is 0.0205. The molecule has 442 valence electrons. The molecule has 14 heteroatoms. The fourth-order valence-electron chi connectivity index (χ4n) is 12.9. The van der Waals surface area contributed by atoms with Gasteiger partial charge in [-0.05, 0) is 185 Å². The Morgan fingerprint density at radius 1 is 0.554 bits per heavy atom. The molecule has 12 nitrogen and oxygen atoms in total. The number of rotatable bonds is 19. The van der Waals surface area contributed by atoms with E-state index >= 15 is 0 Å². The van der Waals surface area contributed by atoms with Gasteiger partial charge < -0.3 is 40.9 Å². The third kappa shape index (κ3) is 16.9. The van der Waals surface area contributed by atoms with Gasteiger partial charge >= 0.3 is 0 Å². The van der Waals surface area contributed by atoms with Crippen molar-refractivity contribution in [3.63, 3.8) is 0 Å². The molecule has 0 saturated carbocycles. The lowest BCUT2D eigenvalue weighted by molar-refractivity contribution is -0.135. The SMILES string of the molecule is CCC(CN1CCC(CNC(=O)c2ccc3cc(Cl)ccc3c2)NC(C2CCN(C(C)C)CC2)C1=O)c1ccccc1.CC[C@@H](CN1CC[C@@H](CNC(=O)c2ccc3cc(Cl)ccc3c2)N[C@@H](CCN2CCCCC2)C1=O)c1ccccc1. The van der Waals surface area contributed by atoms with Crippen molar-refractivity contribution >= 4 is 68.4 Å². The van der Waals surface area contributed by atoms with Gasteiger partial charge in [-0.2, -0.15) is 0 Å². The number of hydrogen-bond acceptors (Lipinski definition) is 8. The van der Waals surface area contributed by atoms with Crippen LogP contribution in [0, 0.1) is 5.92 Å². The first kappa shape index (κ1) is 61.7. The highest BCUT2D eigenvalue weighted by Crippen LogP contribution is 2.30. The average Bonchev–Trinajstić information content (AvgIpc) is 3.99. The van der Waals surface area contributed by atoms with Gasteiger partial charge in [-0.1, -0.05) is 128 Å². The zero-order valence-corrected chi connectivity index (χ0v) is 50.9. The highest BCUT2D eigenvalue weighted by atomic mass is 35.5. The average molecular weight is 1160 g/mol. The molecule has 4 fully saturated rings. The number of piperidine rings is 2. The second-order valence-electron chi connectivity index (χ2n) is 23.9. The lowest BCUT2D eigenvalue weighted by Gasteiger charge is -2.39. The molecule has 3 unspecified atom stereocenters. The van der Waals surface area contributed by atoms with Gasteiger partial charge in [-0.15, -0.1) is 0 Å². The molecule has 6 aromatic rings. The lowest BCUT2D eigenvalue weighted by Crippen LogP contribution is -2.55. The Bertz CT molecular complexity index is 3080. The van der Waals surface area contributed by atoms with Gasteiger partial charge in [0, 0.05) is 96.9 Å². The van der Waals surface area contributed by atoms with Crippen LogP contribution >= 0.6 is 23.2 Å². The number of halogens is 2. The number of likely N-dealkylation sites (tertiary alicyclic amines) is 2. The molecule has 4 heterocycles. The quantitative estimate of drug-likeness (QED) is 0.0631. The van der Waals surface area contributed by atoms with Crippen LogP contribution in [0.1, 0.15) is 136 Å². The number of nitrogens with zero attached hydrogens (tertiary/aromatic N) is 4. The van der Waals surface area contributed by atoms with Gasteiger partial charge in [0.15, 0.2) is 0 Å². The summed E-state index contributed by atoms with van der Waals surface area (Å²) in [5.41, 5.74) is 3.82. The van der Waals surface area contributed by atoms with E-state index in [1.165, 1.54) is 30.4 Å². The minimum Gasteiger partial charge on any atom is -0.350 e. The Balaban J connectivity index is 0.000000200. The van der Waals surface area contributed by atoms with Crippen LogP contribution < -0.4 is 21.3 Å². The molecule has 4 aliphatic rings. The van der Waals surface area contributed by atoms with Gasteiger partial charge in [-0.25, -0.2) is 0 Å². The predicted molar refractivity (Wildman–Crippen MR) is 340 cm³/mol. The summed E-state index contributed by atoms with van der Waals surface area (Å²) in [6.07, 6.45) is 10.1. The number of fused-ring (bicyclic) bond motifs is 2. The van der Waals surface area contributed by atoms with E-state index in [0.29, 0.717) is 65.2 Å². The van der Waals surface area contributed by atoms with Gasteiger partial charge in [0.25, 0.3) is 11.8 Å². The summed E-state index contributed by atoms with van der Waals surface area (Å²) in [4.78, 5) is 63.5. The molecular weight excluding hydrogens is 1080 g/mol. The minimum atomic E-state index is -0.250. The molecule has 6 aromatic carbocycles. The molecule has 0 bridgehead atoms. The van der Waals surface area contributed by atoms with E-state index in [9.17, 15) is 19.2 Å². The smallest absolute Gasteiger partial charge is 0.251 e. The number of carbonyl (C=O) groups excluding carboxylic acids is 4. The molecule has 4 amide bonds. The summed E-state index contributed by atoms with van der Waals surface area (Å²) in [6, 6.07) is 43.9. The zero-order valence-electron chi connectivity index (χ0n) is 49.3. The standard InChI is InChI=1S/C35H45ClN4O2.C34H43ClN4O2/c1-4-25(26-8-6-5-7-9-26)23-40-19-16-32(38-33(35(40)42)27-14-17-39(18-15-27)24(2)3)22-37-34(41)30-11-10-29-21-31(36)13-12-28(29)20-30;1-2-25(26-9-5-3-6-10-26)24-39-20-15-31(37-32(34(39)41)16-19-38-17-7-4-8-18-38)23-36-33(40)29-12-11-28-22-30(35)14-13-27(28)21-29/h5-13,20-21,24-25,27,32-33,38H,4,14-19,22-23H2,1-3H3,(H,37,41);3,5-6,9-14,21-22,25,31-32,37H,2,4,7-8,15-20,23-24H2,1H3,(H,36,40)/t;25-,31-,32-/m.0/s1. The maximum atomic E-state index is 14.1. The highest BCUT2D eigenvalue weighted by molar-refractivity contribution is 6.31. The van der Waals surface area contributed by atoms with Crippen LogP contribution in [0.4, 0.5) is 0 Å². The van der Waals surface area contributed by atoms with Crippen molar-refractivity contribution in [1.29, 1.82) is 0 Å². The van der Waals surface area contributed by atoms with E-state index in [1.807, 2.05) is 84.9 Å². The van der Waals surface area contributed by atoms with Crippen molar-refractivity contribution < 1.29 is 19.2 Å². The van der Waals surface area contributed by atoms with Crippen molar-refractivity contribution in [2.24, 2.45) is 5.92 Å². The number of benzene rings is 6. The van der Waals surface area contributed by atoms with Crippen LogP contribution in [0.25, 0.3) is 21.5 Å². The van der Waals surface area contributed by atoms with Gasteiger partial charge in [0.05, 0.1) is 12.1 Å². The first-order valence-electron chi connectivity index (χ1n) is 30.9. The molecule has 0 aromatic heterocycles. The number of nitrogens with one attached hydrogen (secondary N) is 4. The van der Waals surface area contributed by atoms with E-state index in [0.717, 1.165) is 112 Å². The molecule has 10 rings (SSSR count). The summed E-state index contributed by atoms with van der Waals surface area (Å²) in [6.45, 7) is 17.9. The van der Waals surface area contributed by atoms with E-state index in [2.05, 4.69) is 117 Å². The normalized spacial score (nSPS) is 21.2. The van der Waals surface area contributed by atoms with Crippen molar-refractivity contribution in [2.45, 2.75) is 134 Å². The number of hydrogen-bond donors (Lipinski definition) is 4. The van der Waals surface area contributed by atoms with Crippen LogP contribution in [-0.2, 0) is 9.59 Å². The number of amides is 4. The molecule has 4 aliphatic heterocycles. The van der Waals surface area contributed by atoms with Crippen molar-refractivity contribution in [3.8, 4) is 0 Å². The molecule has 0 radical (unpaired) electrons. The number of carbonyl (C=O) groups is 4. The molecule has 4 saturated heterocycles. The topological polar surface area (TPSA) is 129 Å². The Kier molecular flexibility index (Phi) is 22.5. The van der Waals surface area contributed by atoms with Crippen molar-refractivity contribution in [2.75, 3.05) is 72.0 Å². The molecule has 6 atom stereocenters. The Labute approximate surface area is 503 Å². The monoisotopic (exact) mass is 1160 g/mol. The third-order valence-electron chi connectivity index (χ3n) is 18.0. The zero-order chi connectivity index (χ0) is 58.2. The van der Waals surface area contributed by atoms with Crippen LogP contribution in [-0.4, -0.2) is 145 Å². The summed E-state index contributed by atoms with van der Waals surface area (Å²) in [5, 5.41) is 19.1. The fourth-order valence-corrected chi connectivity index (χ4v) is 13.2. The third-order valence-corrected chi connectivity index (χ3v) is 18.5. The van der Waals surface area contributed by atoms with Crippen molar-refractivity contribution in [3.05, 3.63) is 166 Å². The second kappa shape index (κ2) is 30.3. The molecule has 0 aliphatic carbocycles. The second-order valence-corrected chi connectivity index (χ2v) is 24.8. The van der Waals surface area contributed by atoms with Gasteiger partial charge in [0.1, 0.15) is 0 Å². The maximum Gasteiger partial charge on any atom is 0.251 e. The molecule has 4 N–H and O–H groups in total. The molecule has 0 spiro atoms. The van der Waals surface area contributed by atoms with E-state index in [4.69, 9.17) is 23.2 Å². The lowest BCUT2D eigenvalue weighted by atomic mass is 9.87. The van der Waals surface area contributed by atoms with Crippen LogP contribution in [0.15, 0.2) is 133 Å². The van der Waals surface area contributed by atoms with Crippen LogP contribution in [0.2, 0.25) is 10.0 Å². The first-order valence-corrected chi connectivity index (χ1v) is 31.7. The summed E-state index contributed by atoms with van der Waals surface area (Å²) in [7, 11) is 0. The Hall–Kier alpha value is -5.86.